The molecule has 0 atom stereocenters. The summed E-state index contributed by atoms with van der Waals surface area (Å²) in [4.78, 5) is 0. The van der Waals surface area contributed by atoms with Crippen LogP contribution in [0, 0.1) is 0 Å². The normalized spacial score (nSPS) is 7.55. The third-order valence-electron chi connectivity index (χ3n) is 0.440. The Balaban J connectivity index is -0.0000000300. The second-order valence-electron chi connectivity index (χ2n) is 1.67. The van der Waals surface area contributed by atoms with Crippen LogP contribution in [0.5, 0.6) is 0 Å². The lowest BCUT2D eigenvalue weighted by Gasteiger charge is -2.02. The number of hydrogen-bond acceptors (Lipinski definition) is 2. The van der Waals surface area contributed by atoms with Crippen molar-refractivity contribution >= 4 is 7.37 Å². The summed E-state index contributed by atoms with van der Waals surface area (Å²) in [6.45, 7) is 5.59. The van der Waals surface area contributed by atoms with E-state index in [2.05, 4.69) is 0 Å². The van der Waals surface area contributed by atoms with E-state index >= 15 is 0 Å². The van der Waals surface area contributed by atoms with Gasteiger partial charge in [-0.2, -0.15) is 0 Å². The topological polar surface area (TPSA) is 26.3 Å². The molecular formula is C8H27O2P. The van der Waals surface area contributed by atoms with Gasteiger partial charge in [0.2, 0.25) is 0 Å². The van der Waals surface area contributed by atoms with Gasteiger partial charge in [-0.15, -0.1) is 0 Å². The van der Waals surface area contributed by atoms with Crippen molar-refractivity contribution in [3.63, 3.8) is 0 Å². The molecule has 0 heterocycles. The van der Waals surface area contributed by atoms with Crippen LogP contribution in [0.2, 0.25) is 0 Å². The Morgan fingerprint density at radius 1 is 1.09 bits per heavy atom. The highest BCUT2D eigenvalue weighted by Gasteiger charge is 2.02. The van der Waals surface area contributed by atoms with Crippen LogP contribution in [0.25, 0.3) is 0 Å². The first kappa shape index (κ1) is 30.3. The van der Waals surface area contributed by atoms with Gasteiger partial charge in [0.05, 0.1) is 6.61 Å². The maximum atomic E-state index is 10.6. The summed E-state index contributed by atoms with van der Waals surface area (Å²) in [6, 6.07) is 0. The van der Waals surface area contributed by atoms with Crippen molar-refractivity contribution < 1.29 is 9.09 Å². The lowest BCUT2D eigenvalue weighted by Crippen LogP contribution is -1.82. The minimum atomic E-state index is -2.17. The molecule has 0 aliphatic rings. The van der Waals surface area contributed by atoms with E-state index in [0.29, 0.717) is 6.61 Å². The SMILES string of the molecule is C.C.C.C.CCOP(C)(C)=O. The molecule has 0 aliphatic carbocycles. The van der Waals surface area contributed by atoms with Gasteiger partial charge in [0.1, 0.15) is 0 Å². The van der Waals surface area contributed by atoms with Crippen molar-refractivity contribution in [1.82, 2.24) is 0 Å². The maximum Gasteiger partial charge on any atom is 0.197 e. The zero-order valence-electron chi connectivity index (χ0n) is 4.97. The summed E-state index contributed by atoms with van der Waals surface area (Å²) in [7, 11) is -2.17. The standard InChI is InChI=1S/C4H11O2P.4CH4/c1-4-6-7(2,3)5;;;;/h4H2,1-3H3;4*1H4. The van der Waals surface area contributed by atoms with E-state index in [4.69, 9.17) is 4.52 Å². The van der Waals surface area contributed by atoms with Gasteiger partial charge < -0.3 is 4.52 Å². The molecule has 11 heavy (non-hydrogen) atoms. The average Bonchev–Trinajstić information content (AvgIpc) is 1.30. The minimum absolute atomic E-state index is 0. The van der Waals surface area contributed by atoms with Gasteiger partial charge in [-0.05, 0) is 6.92 Å². The molecule has 0 bridgehead atoms. The molecule has 76 valence electrons. The molecule has 0 radical (unpaired) electrons. The van der Waals surface area contributed by atoms with E-state index < -0.39 is 7.37 Å². The van der Waals surface area contributed by atoms with Gasteiger partial charge in [-0.3, -0.25) is 4.57 Å². The Labute approximate surface area is 73.8 Å². The third-order valence-corrected chi connectivity index (χ3v) is 1.32. The smallest absolute Gasteiger partial charge is 0.197 e. The zero-order chi connectivity index (χ0) is 5.91. The van der Waals surface area contributed by atoms with Crippen molar-refractivity contribution in [2.75, 3.05) is 19.9 Å². The van der Waals surface area contributed by atoms with E-state index in [1.54, 1.807) is 13.3 Å². The Kier molecular flexibility index (Phi) is 35.4. The molecule has 0 aromatic heterocycles. The Morgan fingerprint density at radius 3 is 1.36 bits per heavy atom. The predicted octanol–water partition coefficient (Wildman–Crippen LogP) is 4.11. The van der Waals surface area contributed by atoms with Crippen LogP contribution >= 0.6 is 7.37 Å². The van der Waals surface area contributed by atoms with Crippen molar-refractivity contribution in [2.45, 2.75) is 36.6 Å². The summed E-state index contributed by atoms with van der Waals surface area (Å²) in [5.74, 6) is 0. The Bertz CT molecular complexity index is 86.1. The summed E-state index contributed by atoms with van der Waals surface area (Å²) < 4.78 is 15.4. The van der Waals surface area contributed by atoms with E-state index in [9.17, 15) is 4.57 Å². The fourth-order valence-electron chi connectivity index (χ4n) is 0.311. The summed E-state index contributed by atoms with van der Waals surface area (Å²) in [5, 5.41) is 0. The van der Waals surface area contributed by atoms with E-state index in [1.165, 1.54) is 0 Å². The van der Waals surface area contributed by atoms with Crippen LogP contribution in [0.15, 0.2) is 0 Å². The second kappa shape index (κ2) is 12.8. The van der Waals surface area contributed by atoms with E-state index in [0.717, 1.165) is 0 Å². The van der Waals surface area contributed by atoms with Crippen molar-refractivity contribution in [2.24, 2.45) is 0 Å². The third kappa shape index (κ3) is 38.9. The van der Waals surface area contributed by atoms with Crippen LogP contribution in [0.3, 0.4) is 0 Å². The van der Waals surface area contributed by atoms with Crippen LogP contribution in [-0.4, -0.2) is 19.9 Å². The number of rotatable bonds is 2. The molecule has 0 saturated carbocycles. The van der Waals surface area contributed by atoms with Crippen molar-refractivity contribution in [1.29, 1.82) is 0 Å². The van der Waals surface area contributed by atoms with Crippen molar-refractivity contribution in [3.05, 3.63) is 0 Å². The van der Waals surface area contributed by atoms with Crippen LogP contribution in [0.1, 0.15) is 36.6 Å². The van der Waals surface area contributed by atoms with Crippen LogP contribution in [0.4, 0.5) is 0 Å². The fourth-order valence-corrected chi connectivity index (χ4v) is 0.933. The van der Waals surface area contributed by atoms with E-state index in [1.807, 2.05) is 6.92 Å². The molecule has 0 aromatic carbocycles. The first-order valence-corrected chi connectivity index (χ1v) is 4.77. The Hall–Kier alpha value is 0.190. The van der Waals surface area contributed by atoms with Crippen LogP contribution < -0.4 is 0 Å². The largest absolute Gasteiger partial charge is 0.329 e. The second-order valence-corrected chi connectivity index (χ2v) is 4.43. The Morgan fingerprint density at radius 2 is 1.36 bits per heavy atom. The summed E-state index contributed by atoms with van der Waals surface area (Å²) in [6.07, 6.45) is 0. The van der Waals surface area contributed by atoms with Gasteiger partial charge in [0.25, 0.3) is 0 Å². The molecule has 0 aliphatic heterocycles. The minimum Gasteiger partial charge on any atom is -0.329 e. The predicted molar refractivity (Wildman–Crippen MR) is 58.0 cm³/mol. The summed E-state index contributed by atoms with van der Waals surface area (Å²) >= 11 is 0. The molecule has 0 rings (SSSR count). The molecule has 0 N–H and O–H groups in total. The van der Waals surface area contributed by atoms with E-state index in [-0.39, 0.29) is 29.7 Å². The lowest BCUT2D eigenvalue weighted by atomic mass is 10.9. The molecule has 0 aromatic rings. The van der Waals surface area contributed by atoms with Crippen molar-refractivity contribution in [3.8, 4) is 0 Å². The highest BCUT2D eigenvalue weighted by molar-refractivity contribution is 7.57. The monoisotopic (exact) mass is 186 g/mol. The molecule has 0 saturated heterocycles. The number of hydrogen-bond donors (Lipinski definition) is 0. The lowest BCUT2D eigenvalue weighted by molar-refractivity contribution is 0.341. The molecule has 2 nitrogen and oxygen atoms in total. The van der Waals surface area contributed by atoms with Gasteiger partial charge in [-0.25, -0.2) is 0 Å². The molecule has 0 unspecified atom stereocenters. The average molecular weight is 186 g/mol. The highest BCUT2D eigenvalue weighted by Crippen LogP contribution is 2.36. The van der Waals surface area contributed by atoms with Gasteiger partial charge in [0, 0.05) is 13.3 Å². The molecule has 0 fully saturated rings. The quantitative estimate of drug-likeness (QED) is 0.607. The fraction of sp³-hybridized carbons (Fsp3) is 1.00. The zero-order valence-corrected chi connectivity index (χ0v) is 5.87. The first-order chi connectivity index (χ1) is 3.06. The van der Waals surface area contributed by atoms with Gasteiger partial charge >= 0.3 is 0 Å². The van der Waals surface area contributed by atoms with Gasteiger partial charge in [-0.1, -0.05) is 29.7 Å². The molecule has 0 spiro atoms. The first-order valence-electron chi connectivity index (χ1n) is 2.26. The summed E-state index contributed by atoms with van der Waals surface area (Å²) in [5.41, 5.74) is 0. The van der Waals surface area contributed by atoms with Gasteiger partial charge in [0.15, 0.2) is 7.37 Å². The highest BCUT2D eigenvalue weighted by atomic mass is 31.2. The molecule has 3 heteroatoms. The molecular weight excluding hydrogens is 159 g/mol. The van der Waals surface area contributed by atoms with Crippen LogP contribution in [-0.2, 0) is 9.09 Å². The maximum absolute atomic E-state index is 10.6. The molecule has 0 amide bonds.